The van der Waals surface area contributed by atoms with E-state index in [1.165, 1.54) is 5.56 Å². The summed E-state index contributed by atoms with van der Waals surface area (Å²) in [7, 11) is 0. The van der Waals surface area contributed by atoms with Crippen molar-refractivity contribution in [2.45, 2.75) is 20.0 Å². The smallest absolute Gasteiger partial charge is 0.123 e. The topological polar surface area (TPSA) is 52.0 Å². The van der Waals surface area contributed by atoms with Gasteiger partial charge in [-0.25, -0.2) is 0 Å². The van der Waals surface area contributed by atoms with Crippen molar-refractivity contribution in [1.29, 1.82) is 0 Å². The van der Waals surface area contributed by atoms with Gasteiger partial charge in [-0.3, -0.25) is 4.68 Å². The molecule has 1 aromatic carbocycles. The monoisotopic (exact) mass is 246 g/mol. The van der Waals surface area contributed by atoms with E-state index in [1.807, 2.05) is 31.3 Å². The van der Waals surface area contributed by atoms with Crippen LogP contribution in [-0.2, 0) is 13.1 Å². The van der Waals surface area contributed by atoms with Crippen LogP contribution in [0.15, 0.2) is 36.7 Å². The van der Waals surface area contributed by atoms with Gasteiger partial charge in [-0.1, -0.05) is 23.4 Å². The van der Waals surface area contributed by atoms with E-state index in [0.29, 0.717) is 6.61 Å². The van der Waals surface area contributed by atoms with Gasteiger partial charge in [0.2, 0.25) is 0 Å². The fourth-order valence-electron chi connectivity index (χ4n) is 1.71. The molecular formula is C13H18N4O. The Kier molecular flexibility index (Phi) is 4.72. The van der Waals surface area contributed by atoms with E-state index >= 15 is 0 Å². The maximum Gasteiger partial charge on any atom is 0.123 e. The third-order valence-electron chi connectivity index (χ3n) is 2.58. The molecule has 0 saturated heterocycles. The number of nitrogens with one attached hydrogen (secondary N) is 1. The van der Waals surface area contributed by atoms with Gasteiger partial charge >= 0.3 is 0 Å². The zero-order valence-corrected chi connectivity index (χ0v) is 10.5. The molecule has 0 spiro atoms. The van der Waals surface area contributed by atoms with Crippen molar-refractivity contribution in [1.82, 2.24) is 20.3 Å². The van der Waals surface area contributed by atoms with Crippen molar-refractivity contribution in [2.24, 2.45) is 0 Å². The minimum absolute atomic E-state index is 0.690. The predicted octanol–water partition coefficient (Wildman–Crippen LogP) is 1.47. The second kappa shape index (κ2) is 6.76. The summed E-state index contributed by atoms with van der Waals surface area (Å²) in [5.74, 6) is 0.952. The molecule has 5 heteroatoms. The van der Waals surface area contributed by atoms with Crippen LogP contribution in [0.25, 0.3) is 0 Å². The van der Waals surface area contributed by atoms with Crippen molar-refractivity contribution in [3.63, 3.8) is 0 Å². The van der Waals surface area contributed by atoms with E-state index in [0.717, 1.165) is 25.4 Å². The first-order valence-corrected chi connectivity index (χ1v) is 6.15. The summed E-state index contributed by atoms with van der Waals surface area (Å²) in [6, 6.07) is 8.09. The molecule has 18 heavy (non-hydrogen) atoms. The number of hydrogen-bond acceptors (Lipinski definition) is 4. The number of para-hydroxylation sites is 1. The quantitative estimate of drug-likeness (QED) is 0.752. The first kappa shape index (κ1) is 12.6. The van der Waals surface area contributed by atoms with Gasteiger partial charge in [0.25, 0.3) is 0 Å². The summed E-state index contributed by atoms with van der Waals surface area (Å²) in [6.45, 7) is 5.15. The molecule has 0 saturated carbocycles. The van der Waals surface area contributed by atoms with Crippen LogP contribution in [0.1, 0.15) is 12.5 Å². The van der Waals surface area contributed by atoms with Gasteiger partial charge in [0.1, 0.15) is 5.75 Å². The average molecular weight is 246 g/mol. The third kappa shape index (κ3) is 3.56. The summed E-state index contributed by atoms with van der Waals surface area (Å²) in [4.78, 5) is 0. The molecule has 5 nitrogen and oxygen atoms in total. The Morgan fingerprint density at radius 2 is 2.22 bits per heavy atom. The summed E-state index contributed by atoms with van der Waals surface area (Å²) in [5, 5.41) is 11.0. The molecule has 0 aliphatic heterocycles. The minimum atomic E-state index is 0.690. The van der Waals surface area contributed by atoms with Gasteiger partial charge in [-0.2, -0.15) is 0 Å². The zero-order valence-electron chi connectivity index (χ0n) is 10.5. The third-order valence-corrected chi connectivity index (χ3v) is 2.58. The summed E-state index contributed by atoms with van der Waals surface area (Å²) < 4.78 is 7.38. The number of hydrogen-bond donors (Lipinski definition) is 1. The lowest BCUT2D eigenvalue weighted by Crippen LogP contribution is -2.20. The number of aromatic nitrogens is 3. The summed E-state index contributed by atoms with van der Waals surface area (Å²) >= 11 is 0. The number of nitrogens with zero attached hydrogens (tertiary/aromatic N) is 3. The van der Waals surface area contributed by atoms with E-state index in [4.69, 9.17) is 4.74 Å². The van der Waals surface area contributed by atoms with Gasteiger partial charge in [-0.05, 0) is 13.0 Å². The van der Waals surface area contributed by atoms with Gasteiger partial charge in [0.05, 0.1) is 19.3 Å². The molecule has 0 atom stereocenters. The Bertz CT molecular complexity index is 456. The molecule has 0 bridgehead atoms. The maximum absolute atomic E-state index is 5.57. The van der Waals surface area contributed by atoms with E-state index in [1.54, 1.807) is 10.9 Å². The Hall–Kier alpha value is -1.88. The standard InChI is InChI=1S/C13H18N4O/c1-2-18-13-6-4-3-5-12(13)11-14-7-9-17-10-8-15-16-17/h3-6,8,10,14H,2,7,9,11H2,1H3. The van der Waals surface area contributed by atoms with Crippen molar-refractivity contribution in [3.05, 3.63) is 42.2 Å². The van der Waals surface area contributed by atoms with Crippen LogP contribution < -0.4 is 10.1 Å². The van der Waals surface area contributed by atoms with Crippen LogP contribution in [0.5, 0.6) is 5.75 Å². The highest BCUT2D eigenvalue weighted by Crippen LogP contribution is 2.17. The number of rotatable bonds is 7. The Balaban J connectivity index is 1.79. The second-order valence-electron chi connectivity index (χ2n) is 3.88. The molecule has 0 amide bonds. The Labute approximate surface area is 107 Å². The fourth-order valence-corrected chi connectivity index (χ4v) is 1.71. The average Bonchev–Trinajstić information content (AvgIpc) is 2.90. The highest BCUT2D eigenvalue weighted by atomic mass is 16.5. The zero-order chi connectivity index (χ0) is 12.6. The molecule has 0 fully saturated rings. The normalized spacial score (nSPS) is 10.5. The number of ether oxygens (including phenoxy) is 1. The number of benzene rings is 1. The Morgan fingerprint density at radius 1 is 1.33 bits per heavy atom. The van der Waals surface area contributed by atoms with Crippen LogP contribution in [0.4, 0.5) is 0 Å². The van der Waals surface area contributed by atoms with Crippen LogP contribution in [-0.4, -0.2) is 28.1 Å². The molecule has 2 aromatic rings. The van der Waals surface area contributed by atoms with Crippen LogP contribution in [0.3, 0.4) is 0 Å². The molecule has 0 aliphatic carbocycles. The highest BCUT2D eigenvalue weighted by Gasteiger charge is 2.01. The van der Waals surface area contributed by atoms with E-state index in [2.05, 4.69) is 21.7 Å². The molecule has 1 heterocycles. The van der Waals surface area contributed by atoms with Crippen molar-refractivity contribution in [3.8, 4) is 5.75 Å². The molecule has 2 rings (SSSR count). The predicted molar refractivity (Wildman–Crippen MR) is 69.3 cm³/mol. The minimum Gasteiger partial charge on any atom is -0.494 e. The molecule has 1 N–H and O–H groups in total. The van der Waals surface area contributed by atoms with Crippen LogP contribution >= 0.6 is 0 Å². The lowest BCUT2D eigenvalue weighted by atomic mass is 10.2. The first-order valence-electron chi connectivity index (χ1n) is 6.15. The van der Waals surface area contributed by atoms with E-state index < -0.39 is 0 Å². The largest absolute Gasteiger partial charge is 0.494 e. The molecular weight excluding hydrogens is 228 g/mol. The SMILES string of the molecule is CCOc1ccccc1CNCCn1ccnn1. The molecule has 96 valence electrons. The molecule has 0 aliphatic rings. The van der Waals surface area contributed by atoms with Crippen molar-refractivity contribution < 1.29 is 4.74 Å². The fraction of sp³-hybridized carbons (Fsp3) is 0.385. The molecule has 0 unspecified atom stereocenters. The summed E-state index contributed by atoms with van der Waals surface area (Å²) in [6.07, 6.45) is 3.54. The first-order chi connectivity index (χ1) is 8.90. The van der Waals surface area contributed by atoms with Crippen molar-refractivity contribution in [2.75, 3.05) is 13.2 Å². The molecule has 1 aromatic heterocycles. The lowest BCUT2D eigenvalue weighted by molar-refractivity contribution is 0.335. The van der Waals surface area contributed by atoms with Gasteiger partial charge in [0, 0.05) is 24.8 Å². The second-order valence-corrected chi connectivity index (χ2v) is 3.88. The molecule has 0 radical (unpaired) electrons. The summed E-state index contributed by atoms with van der Waals surface area (Å²) in [5.41, 5.74) is 1.18. The maximum atomic E-state index is 5.57. The van der Waals surface area contributed by atoms with Gasteiger partial charge in [0.15, 0.2) is 0 Å². The highest BCUT2D eigenvalue weighted by molar-refractivity contribution is 5.33. The van der Waals surface area contributed by atoms with Crippen LogP contribution in [0.2, 0.25) is 0 Å². The lowest BCUT2D eigenvalue weighted by Gasteiger charge is -2.10. The van der Waals surface area contributed by atoms with E-state index in [-0.39, 0.29) is 0 Å². The van der Waals surface area contributed by atoms with Crippen LogP contribution in [0, 0.1) is 0 Å². The van der Waals surface area contributed by atoms with Gasteiger partial charge in [-0.15, -0.1) is 5.10 Å². The Morgan fingerprint density at radius 3 is 3.00 bits per heavy atom. The van der Waals surface area contributed by atoms with E-state index in [9.17, 15) is 0 Å². The van der Waals surface area contributed by atoms with Gasteiger partial charge < -0.3 is 10.1 Å². The van der Waals surface area contributed by atoms with Crippen molar-refractivity contribution >= 4 is 0 Å².